The molecule has 0 saturated heterocycles. The SMILES string of the molecule is CNS(=O)(=O)C[C@](C)(N)c1cccc(Br)n1. The van der Waals surface area contributed by atoms with Crippen molar-refractivity contribution in [3.8, 4) is 0 Å². The molecule has 7 heteroatoms. The van der Waals surface area contributed by atoms with Crippen LogP contribution >= 0.6 is 15.9 Å². The average molecular weight is 308 g/mol. The summed E-state index contributed by atoms with van der Waals surface area (Å²) in [6.07, 6.45) is 0. The lowest BCUT2D eigenvalue weighted by Crippen LogP contribution is -2.44. The Hall–Kier alpha value is -0.500. The number of halogens is 1. The second kappa shape index (κ2) is 4.79. The molecule has 0 radical (unpaired) electrons. The molecule has 16 heavy (non-hydrogen) atoms. The van der Waals surface area contributed by atoms with Crippen molar-refractivity contribution in [2.45, 2.75) is 12.5 Å². The van der Waals surface area contributed by atoms with E-state index >= 15 is 0 Å². The molecule has 5 nitrogen and oxygen atoms in total. The fourth-order valence-electron chi connectivity index (χ4n) is 1.27. The Bertz CT molecular complexity index is 473. The Labute approximate surface area is 104 Å². The number of aromatic nitrogens is 1. The Morgan fingerprint density at radius 3 is 2.69 bits per heavy atom. The van der Waals surface area contributed by atoms with E-state index in [0.29, 0.717) is 10.3 Å². The summed E-state index contributed by atoms with van der Waals surface area (Å²) in [7, 11) is -2.01. The van der Waals surface area contributed by atoms with Gasteiger partial charge in [-0.2, -0.15) is 0 Å². The predicted octanol–water partition coefficient (Wildman–Crippen LogP) is 0.567. The van der Waals surface area contributed by atoms with E-state index in [-0.39, 0.29) is 5.75 Å². The van der Waals surface area contributed by atoms with Crippen LogP contribution in [0.4, 0.5) is 0 Å². The molecule has 0 unspecified atom stereocenters. The lowest BCUT2D eigenvalue weighted by Gasteiger charge is -2.23. The van der Waals surface area contributed by atoms with Gasteiger partial charge in [-0.05, 0) is 42.0 Å². The van der Waals surface area contributed by atoms with Crippen LogP contribution in [0.15, 0.2) is 22.8 Å². The van der Waals surface area contributed by atoms with Crippen LogP contribution in [0.25, 0.3) is 0 Å². The summed E-state index contributed by atoms with van der Waals surface area (Å²) in [5.41, 5.74) is 5.47. The van der Waals surface area contributed by atoms with E-state index in [4.69, 9.17) is 5.73 Å². The Balaban J connectivity index is 3.03. The lowest BCUT2D eigenvalue weighted by atomic mass is 10.0. The highest BCUT2D eigenvalue weighted by molar-refractivity contribution is 9.10. The number of rotatable bonds is 4. The monoisotopic (exact) mass is 307 g/mol. The molecule has 1 aromatic rings. The number of pyridine rings is 1. The highest BCUT2D eigenvalue weighted by Gasteiger charge is 2.29. The van der Waals surface area contributed by atoms with Gasteiger partial charge >= 0.3 is 0 Å². The molecule has 0 bridgehead atoms. The van der Waals surface area contributed by atoms with E-state index in [0.717, 1.165) is 0 Å². The van der Waals surface area contributed by atoms with Crippen LogP contribution in [-0.2, 0) is 15.6 Å². The Kier molecular flexibility index (Phi) is 4.06. The molecule has 90 valence electrons. The molecule has 0 aliphatic carbocycles. The molecule has 1 atom stereocenters. The molecule has 0 aromatic carbocycles. The van der Waals surface area contributed by atoms with Crippen LogP contribution in [0.5, 0.6) is 0 Å². The molecule has 0 amide bonds. The fraction of sp³-hybridized carbons (Fsp3) is 0.444. The van der Waals surface area contributed by atoms with Crippen molar-refractivity contribution in [3.63, 3.8) is 0 Å². The first-order valence-electron chi connectivity index (χ1n) is 4.60. The van der Waals surface area contributed by atoms with Gasteiger partial charge in [-0.1, -0.05) is 6.07 Å². The second-order valence-electron chi connectivity index (χ2n) is 3.73. The molecule has 1 rings (SSSR count). The molecule has 0 fully saturated rings. The van der Waals surface area contributed by atoms with E-state index in [1.54, 1.807) is 25.1 Å². The third-order valence-corrected chi connectivity index (χ3v) is 4.14. The average Bonchev–Trinajstić information content (AvgIpc) is 2.16. The summed E-state index contributed by atoms with van der Waals surface area (Å²) in [5.74, 6) is -0.208. The zero-order valence-electron chi connectivity index (χ0n) is 9.07. The topological polar surface area (TPSA) is 85.1 Å². The number of nitrogens with one attached hydrogen (secondary N) is 1. The Morgan fingerprint density at radius 2 is 2.19 bits per heavy atom. The van der Waals surface area contributed by atoms with Crippen LogP contribution < -0.4 is 10.5 Å². The van der Waals surface area contributed by atoms with E-state index in [1.165, 1.54) is 7.05 Å². The van der Waals surface area contributed by atoms with Gasteiger partial charge < -0.3 is 5.73 Å². The minimum absolute atomic E-state index is 0.208. The van der Waals surface area contributed by atoms with E-state index < -0.39 is 15.6 Å². The van der Waals surface area contributed by atoms with Gasteiger partial charge in [0.1, 0.15) is 4.60 Å². The number of nitrogens with zero attached hydrogens (tertiary/aromatic N) is 1. The largest absolute Gasteiger partial charge is 0.319 e. The van der Waals surface area contributed by atoms with Crippen LogP contribution in [-0.4, -0.2) is 26.2 Å². The summed E-state index contributed by atoms with van der Waals surface area (Å²) < 4.78 is 25.7. The van der Waals surface area contributed by atoms with Crippen LogP contribution in [0, 0.1) is 0 Å². The minimum Gasteiger partial charge on any atom is -0.319 e. The van der Waals surface area contributed by atoms with Crippen molar-refractivity contribution in [1.29, 1.82) is 0 Å². The maximum Gasteiger partial charge on any atom is 0.213 e. The van der Waals surface area contributed by atoms with Crippen LogP contribution in [0.2, 0.25) is 0 Å². The summed E-state index contributed by atoms with van der Waals surface area (Å²) in [6.45, 7) is 1.64. The second-order valence-corrected chi connectivity index (χ2v) is 6.47. The van der Waals surface area contributed by atoms with Gasteiger partial charge in [0.2, 0.25) is 10.0 Å². The quantitative estimate of drug-likeness (QED) is 0.796. The zero-order chi connectivity index (χ0) is 12.4. The molecule has 0 spiro atoms. The van der Waals surface area contributed by atoms with Crippen molar-refractivity contribution >= 4 is 26.0 Å². The number of sulfonamides is 1. The van der Waals surface area contributed by atoms with E-state index in [9.17, 15) is 8.42 Å². The van der Waals surface area contributed by atoms with Crippen molar-refractivity contribution in [3.05, 3.63) is 28.5 Å². The van der Waals surface area contributed by atoms with Gasteiger partial charge in [0.25, 0.3) is 0 Å². The smallest absolute Gasteiger partial charge is 0.213 e. The van der Waals surface area contributed by atoms with Crippen molar-refractivity contribution in [2.24, 2.45) is 5.73 Å². The number of hydrogen-bond acceptors (Lipinski definition) is 4. The maximum atomic E-state index is 11.4. The molecule has 1 aromatic heterocycles. The summed E-state index contributed by atoms with van der Waals surface area (Å²) >= 11 is 3.22. The maximum absolute atomic E-state index is 11.4. The third kappa shape index (κ3) is 3.51. The van der Waals surface area contributed by atoms with Gasteiger partial charge in [-0.3, -0.25) is 0 Å². The number of nitrogens with two attached hydrogens (primary N) is 1. The lowest BCUT2D eigenvalue weighted by molar-refractivity contribution is 0.511. The number of hydrogen-bond donors (Lipinski definition) is 2. The highest BCUT2D eigenvalue weighted by Crippen LogP contribution is 2.19. The van der Waals surface area contributed by atoms with Gasteiger partial charge in [-0.25, -0.2) is 18.1 Å². The predicted molar refractivity (Wildman–Crippen MR) is 66.3 cm³/mol. The first-order chi connectivity index (χ1) is 7.27. The minimum atomic E-state index is -3.37. The molecular formula is C9H14BrN3O2S. The summed E-state index contributed by atoms with van der Waals surface area (Å²) in [6, 6.07) is 5.23. The molecule has 0 saturated carbocycles. The van der Waals surface area contributed by atoms with Gasteiger partial charge in [0.05, 0.1) is 17.0 Å². The van der Waals surface area contributed by atoms with Gasteiger partial charge in [0, 0.05) is 0 Å². The standard InChI is InChI=1S/C9H14BrN3O2S/c1-9(11,6-16(14,15)12-2)7-4-3-5-8(10)13-7/h3-5,12H,6,11H2,1-2H3/t9-/m0/s1. The molecular weight excluding hydrogens is 294 g/mol. The molecule has 0 aliphatic heterocycles. The van der Waals surface area contributed by atoms with E-state index in [1.807, 2.05) is 0 Å². The summed E-state index contributed by atoms with van der Waals surface area (Å²) in [4.78, 5) is 4.16. The van der Waals surface area contributed by atoms with Crippen LogP contribution in [0.3, 0.4) is 0 Å². The molecule has 3 N–H and O–H groups in total. The van der Waals surface area contributed by atoms with Crippen molar-refractivity contribution in [2.75, 3.05) is 12.8 Å². The first-order valence-corrected chi connectivity index (χ1v) is 7.04. The fourth-order valence-corrected chi connectivity index (χ4v) is 2.69. The molecule has 1 heterocycles. The van der Waals surface area contributed by atoms with Gasteiger partial charge in [-0.15, -0.1) is 0 Å². The van der Waals surface area contributed by atoms with Crippen molar-refractivity contribution in [1.82, 2.24) is 9.71 Å². The zero-order valence-corrected chi connectivity index (χ0v) is 11.5. The normalized spacial score (nSPS) is 15.8. The third-order valence-electron chi connectivity index (χ3n) is 2.10. The summed E-state index contributed by atoms with van der Waals surface area (Å²) in [5, 5.41) is 0. The van der Waals surface area contributed by atoms with Gasteiger partial charge in [0.15, 0.2) is 0 Å². The van der Waals surface area contributed by atoms with Crippen molar-refractivity contribution < 1.29 is 8.42 Å². The van der Waals surface area contributed by atoms with E-state index in [2.05, 4.69) is 25.6 Å². The highest BCUT2D eigenvalue weighted by atomic mass is 79.9. The Morgan fingerprint density at radius 1 is 1.56 bits per heavy atom. The van der Waals surface area contributed by atoms with Crippen LogP contribution in [0.1, 0.15) is 12.6 Å². The first kappa shape index (κ1) is 13.6. The molecule has 0 aliphatic rings.